The molecule has 2 N–H and O–H groups in total. The van der Waals surface area contributed by atoms with Gasteiger partial charge in [-0.3, -0.25) is 4.90 Å². The molecule has 0 aromatic heterocycles. The quantitative estimate of drug-likeness (QED) is 0.700. The molecule has 2 atom stereocenters. The fourth-order valence-corrected chi connectivity index (χ4v) is 2.52. The lowest BCUT2D eigenvalue weighted by atomic mass is 10.1. The molecule has 1 fully saturated rings. The molecule has 0 amide bonds. The van der Waals surface area contributed by atoms with E-state index in [2.05, 4.69) is 11.8 Å². The largest absolute Gasteiger partial charge is 0.393 e. The van der Waals surface area contributed by atoms with E-state index < -0.39 is 0 Å². The van der Waals surface area contributed by atoms with Crippen molar-refractivity contribution >= 4 is 17.2 Å². The molecule has 1 aliphatic heterocycles. The maximum absolute atomic E-state index is 5.61. The summed E-state index contributed by atoms with van der Waals surface area (Å²) in [5.74, 6) is 0.690. The number of methoxy groups -OCH3 is 1. The molecule has 1 heterocycles. The van der Waals surface area contributed by atoms with Crippen molar-refractivity contribution in [3.63, 3.8) is 0 Å². The normalized spacial score (nSPS) is 24.3. The van der Waals surface area contributed by atoms with Crippen LogP contribution in [0.1, 0.15) is 26.2 Å². The Labute approximate surface area is 98.0 Å². The van der Waals surface area contributed by atoms with Crippen molar-refractivity contribution in [3.05, 3.63) is 0 Å². The van der Waals surface area contributed by atoms with Crippen LogP contribution >= 0.6 is 12.2 Å². The second kappa shape index (κ2) is 6.40. The van der Waals surface area contributed by atoms with E-state index in [4.69, 9.17) is 22.7 Å². The molecule has 3 nitrogen and oxygen atoms in total. The Morgan fingerprint density at radius 1 is 1.67 bits per heavy atom. The van der Waals surface area contributed by atoms with E-state index >= 15 is 0 Å². The van der Waals surface area contributed by atoms with Crippen LogP contribution in [0.15, 0.2) is 0 Å². The zero-order valence-corrected chi connectivity index (χ0v) is 10.6. The van der Waals surface area contributed by atoms with Crippen LogP contribution in [0.3, 0.4) is 0 Å². The maximum Gasteiger partial charge on any atom is 0.0743 e. The van der Waals surface area contributed by atoms with E-state index in [0.717, 1.165) is 32.5 Å². The zero-order chi connectivity index (χ0) is 11.3. The minimum absolute atomic E-state index is 0.532. The average molecular weight is 230 g/mol. The van der Waals surface area contributed by atoms with Crippen molar-refractivity contribution in [2.24, 2.45) is 11.7 Å². The van der Waals surface area contributed by atoms with Gasteiger partial charge in [0.05, 0.1) is 11.6 Å². The van der Waals surface area contributed by atoms with E-state index in [1.165, 1.54) is 6.42 Å². The molecule has 0 bridgehead atoms. The molecule has 1 saturated heterocycles. The van der Waals surface area contributed by atoms with Gasteiger partial charge in [-0.15, -0.1) is 0 Å². The standard InChI is InChI=1S/C11H22N2OS/c1-3-10(6-11(12)15)13-5-4-9(7-13)8-14-2/h9-10H,3-8H2,1-2H3,(H2,12,15). The Morgan fingerprint density at radius 2 is 2.40 bits per heavy atom. The number of hydrogen-bond acceptors (Lipinski definition) is 3. The van der Waals surface area contributed by atoms with Crippen LogP contribution in [0.2, 0.25) is 0 Å². The highest BCUT2D eigenvalue weighted by Crippen LogP contribution is 2.21. The van der Waals surface area contributed by atoms with Crippen molar-refractivity contribution in [2.75, 3.05) is 26.8 Å². The van der Waals surface area contributed by atoms with Crippen LogP contribution in [-0.2, 0) is 4.74 Å². The molecule has 88 valence electrons. The number of nitrogens with zero attached hydrogens (tertiary/aromatic N) is 1. The summed E-state index contributed by atoms with van der Waals surface area (Å²) in [6.07, 6.45) is 3.21. The predicted molar refractivity (Wildman–Crippen MR) is 67.0 cm³/mol. The molecule has 0 aromatic carbocycles. The van der Waals surface area contributed by atoms with Crippen LogP contribution in [0.25, 0.3) is 0 Å². The predicted octanol–water partition coefficient (Wildman–Crippen LogP) is 1.41. The fraction of sp³-hybridized carbons (Fsp3) is 0.909. The van der Waals surface area contributed by atoms with Crippen LogP contribution in [0, 0.1) is 5.92 Å². The second-order valence-corrected chi connectivity index (χ2v) is 4.86. The molecule has 0 aliphatic carbocycles. The van der Waals surface area contributed by atoms with Crippen molar-refractivity contribution in [3.8, 4) is 0 Å². The lowest BCUT2D eigenvalue weighted by Gasteiger charge is -2.26. The maximum atomic E-state index is 5.61. The number of ether oxygens (including phenoxy) is 1. The Bertz CT molecular complexity index is 211. The van der Waals surface area contributed by atoms with Gasteiger partial charge in [0.1, 0.15) is 0 Å². The van der Waals surface area contributed by atoms with E-state index in [1.54, 1.807) is 7.11 Å². The smallest absolute Gasteiger partial charge is 0.0743 e. The van der Waals surface area contributed by atoms with Gasteiger partial charge in [-0.1, -0.05) is 19.1 Å². The summed E-state index contributed by atoms with van der Waals surface area (Å²) in [4.78, 5) is 3.14. The van der Waals surface area contributed by atoms with Crippen molar-refractivity contribution in [2.45, 2.75) is 32.2 Å². The molecule has 0 saturated carbocycles. The summed E-state index contributed by atoms with van der Waals surface area (Å²) < 4.78 is 5.19. The SMILES string of the molecule is CCC(CC(N)=S)N1CCC(COC)C1. The Morgan fingerprint density at radius 3 is 2.93 bits per heavy atom. The third-order valence-electron chi connectivity index (χ3n) is 3.14. The third-order valence-corrected chi connectivity index (χ3v) is 3.31. The van der Waals surface area contributed by atoms with E-state index in [0.29, 0.717) is 16.9 Å². The summed E-state index contributed by atoms with van der Waals surface area (Å²) in [5, 5.41) is 0. The molecule has 2 unspecified atom stereocenters. The van der Waals surface area contributed by atoms with Gasteiger partial charge >= 0.3 is 0 Å². The van der Waals surface area contributed by atoms with Gasteiger partial charge in [-0.2, -0.15) is 0 Å². The number of likely N-dealkylation sites (tertiary alicyclic amines) is 1. The summed E-state index contributed by atoms with van der Waals surface area (Å²) >= 11 is 4.98. The fourth-order valence-electron chi connectivity index (χ4n) is 2.33. The van der Waals surface area contributed by atoms with Gasteiger partial charge in [0.15, 0.2) is 0 Å². The topological polar surface area (TPSA) is 38.5 Å². The van der Waals surface area contributed by atoms with Crippen LogP contribution in [-0.4, -0.2) is 42.7 Å². The lowest BCUT2D eigenvalue weighted by Crippen LogP contribution is -2.36. The first-order chi connectivity index (χ1) is 7.17. The molecule has 1 aliphatic rings. The first-order valence-electron chi connectivity index (χ1n) is 5.68. The van der Waals surface area contributed by atoms with E-state index in [-0.39, 0.29) is 0 Å². The second-order valence-electron chi connectivity index (χ2n) is 4.34. The Kier molecular flexibility index (Phi) is 5.50. The minimum atomic E-state index is 0.532. The molecule has 1 rings (SSSR count). The minimum Gasteiger partial charge on any atom is -0.393 e. The molecule has 0 spiro atoms. The molecular weight excluding hydrogens is 208 g/mol. The number of hydrogen-bond donors (Lipinski definition) is 1. The summed E-state index contributed by atoms with van der Waals surface area (Å²) in [6, 6.07) is 0.532. The number of nitrogens with two attached hydrogens (primary N) is 1. The lowest BCUT2D eigenvalue weighted by molar-refractivity contribution is 0.146. The van der Waals surface area contributed by atoms with E-state index in [1.807, 2.05) is 0 Å². The van der Waals surface area contributed by atoms with Gasteiger partial charge in [-0.05, 0) is 25.3 Å². The van der Waals surface area contributed by atoms with Gasteiger partial charge in [0, 0.05) is 26.1 Å². The highest BCUT2D eigenvalue weighted by Gasteiger charge is 2.27. The first-order valence-corrected chi connectivity index (χ1v) is 6.09. The number of thiocarbonyl (C=S) groups is 1. The van der Waals surface area contributed by atoms with E-state index in [9.17, 15) is 0 Å². The molecule has 4 heteroatoms. The van der Waals surface area contributed by atoms with Gasteiger partial charge in [0.2, 0.25) is 0 Å². The third kappa shape index (κ3) is 4.05. The van der Waals surface area contributed by atoms with Crippen molar-refractivity contribution in [1.82, 2.24) is 4.90 Å². The molecule has 15 heavy (non-hydrogen) atoms. The zero-order valence-electron chi connectivity index (χ0n) is 9.74. The van der Waals surface area contributed by atoms with Crippen LogP contribution in [0.4, 0.5) is 0 Å². The summed E-state index contributed by atoms with van der Waals surface area (Å²) in [7, 11) is 1.77. The average Bonchev–Trinajstić information content (AvgIpc) is 2.63. The Hall–Kier alpha value is -0.190. The van der Waals surface area contributed by atoms with Crippen molar-refractivity contribution < 1.29 is 4.74 Å². The summed E-state index contributed by atoms with van der Waals surface area (Å²) in [6.45, 7) is 5.37. The van der Waals surface area contributed by atoms with Gasteiger partial charge in [-0.25, -0.2) is 0 Å². The van der Waals surface area contributed by atoms with Crippen LogP contribution in [0.5, 0.6) is 0 Å². The first kappa shape index (κ1) is 12.9. The van der Waals surface area contributed by atoms with Crippen molar-refractivity contribution in [1.29, 1.82) is 0 Å². The van der Waals surface area contributed by atoms with Gasteiger partial charge in [0.25, 0.3) is 0 Å². The number of rotatable bonds is 6. The monoisotopic (exact) mass is 230 g/mol. The molecule has 0 radical (unpaired) electrons. The summed E-state index contributed by atoms with van der Waals surface area (Å²) in [5.41, 5.74) is 5.61. The molecule has 0 aromatic rings. The Balaban J connectivity index is 2.39. The van der Waals surface area contributed by atoms with Crippen LogP contribution < -0.4 is 5.73 Å². The highest BCUT2D eigenvalue weighted by molar-refractivity contribution is 7.80. The van der Waals surface area contributed by atoms with Gasteiger partial charge < -0.3 is 10.5 Å². The highest BCUT2D eigenvalue weighted by atomic mass is 32.1. The molecular formula is C11H22N2OS.